The van der Waals surface area contributed by atoms with Gasteiger partial charge in [0.25, 0.3) is 0 Å². The summed E-state index contributed by atoms with van der Waals surface area (Å²) in [4.78, 5) is 27.9. The summed E-state index contributed by atoms with van der Waals surface area (Å²) in [6.07, 6.45) is 1.32. The summed E-state index contributed by atoms with van der Waals surface area (Å²) >= 11 is 19.8. The van der Waals surface area contributed by atoms with Gasteiger partial charge in [-0.2, -0.15) is 0 Å². The van der Waals surface area contributed by atoms with Gasteiger partial charge in [0.2, 0.25) is 11.8 Å². The topological polar surface area (TPSA) is 49.4 Å². The fourth-order valence-corrected chi connectivity index (χ4v) is 4.58. The van der Waals surface area contributed by atoms with Gasteiger partial charge in [-0.25, -0.2) is 0 Å². The fraction of sp³-hybridized carbons (Fsp3) is 0.417. The minimum atomic E-state index is -0.584. The van der Waals surface area contributed by atoms with E-state index in [0.29, 0.717) is 27.2 Å². The van der Waals surface area contributed by atoms with E-state index >= 15 is 0 Å². The Bertz CT molecular complexity index is 909. The summed E-state index contributed by atoms with van der Waals surface area (Å²) in [7, 11) is 0. The van der Waals surface area contributed by atoms with Crippen molar-refractivity contribution < 1.29 is 9.59 Å². The Kier molecular flexibility index (Phi) is 11.2. The third-order valence-corrected chi connectivity index (χ3v) is 6.98. The first-order valence-electron chi connectivity index (χ1n) is 10.6. The van der Waals surface area contributed by atoms with Crippen LogP contribution in [0.15, 0.2) is 42.5 Å². The highest BCUT2D eigenvalue weighted by atomic mass is 35.5. The molecule has 0 bridgehead atoms. The van der Waals surface area contributed by atoms with Gasteiger partial charge in [0.05, 0.1) is 5.75 Å². The van der Waals surface area contributed by atoms with Crippen LogP contribution in [0.1, 0.15) is 44.7 Å². The van der Waals surface area contributed by atoms with Crippen molar-refractivity contribution in [3.8, 4) is 0 Å². The van der Waals surface area contributed by atoms with Gasteiger partial charge in [0.1, 0.15) is 6.04 Å². The molecule has 0 spiro atoms. The van der Waals surface area contributed by atoms with E-state index in [1.54, 1.807) is 23.1 Å². The normalized spacial score (nSPS) is 12.8. The van der Waals surface area contributed by atoms with E-state index in [9.17, 15) is 9.59 Å². The Morgan fingerprint density at radius 3 is 2.25 bits per heavy atom. The van der Waals surface area contributed by atoms with Crippen LogP contribution in [0, 0.1) is 0 Å². The number of hydrogen-bond donors (Lipinski definition) is 1. The maximum absolute atomic E-state index is 13.3. The molecule has 0 aromatic heterocycles. The molecule has 0 aliphatic carbocycles. The van der Waals surface area contributed by atoms with Gasteiger partial charge in [0, 0.05) is 33.4 Å². The van der Waals surface area contributed by atoms with Gasteiger partial charge in [0.15, 0.2) is 0 Å². The Labute approximate surface area is 210 Å². The zero-order valence-electron chi connectivity index (χ0n) is 18.5. The van der Waals surface area contributed by atoms with Crippen molar-refractivity contribution in [2.24, 2.45) is 0 Å². The second kappa shape index (κ2) is 13.3. The Balaban J connectivity index is 2.17. The number of nitrogens with one attached hydrogen (secondary N) is 1. The van der Waals surface area contributed by atoms with Gasteiger partial charge in [-0.3, -0.25) is 9.59 Å². The third kappa shape index (κ3) is 8.18. The van der Waals surface area contributed by atoms with Crippen molar-refractivity contribution in [3.63, 3.8) is 0 Å². The molecule has 0 fully saturated rings. The molecule has 0 aliphatic rings. The van der Waals surface area contributed by atoms with Crippen LogP contribution in [0.4, 0.5) is 0 Å². The summed E-state index contributed by atoms with van der Waals surface area (Å²) in [5, 5.41) is 4.68. The predicted molar refractivity (Wildman–Crippen MR) is 137 cm³/mol. The van der Waals surface area contributed by atoms with Crippen molar-refractivity contribution in [1.82, 2.24) is 10.2 Å². The number of thioether (sulfide) groups is 1. The SMILES string of the molecule is CC[C@@H](C)NC(=O)[C@H](CC)N(Cc1ccc(Cl)cc1Cl)C(=O)CSCc1ccc(Cl)cc1. The number of rotatable bonds is 11. The standard InChI is InChI=1S/C24H29Cl3N2O2S/c1-4-16(3)28-24(31)22(5-2)29(13-18-8-11-20(26)12-21(18)27)23(30)15-32-14-17-6-9-19(25)10-7-17/h6-12,16,22H,4-5,13-15H2,1-3H3,(H,28,31)/t16-,22+/m1/s1. The first-order chi connectivity index (χ1) is 15.2. The summed E-state index contributed by atoms with van der Waals surface area (Å²) in [5.41, 5.74) is 1.84. The Morgan fingerprint density at radius 2 is 1.66 bits per heavy atom. The van der Waals surface area contributed by atoms with Gasteiger partial charge in [-0.05, 0) is 55.2 Å². The first kappa shape index (κ1) is 26.8. The summed E-state index contributed by atoms with van der Waals surface area (Å²) in [6, 6.07) is 12.2. The monoisotopic (exact) mass is 514 g/mol. The van der Waals surface area contributed by atoms with Gasteiger partial charge >= 0.3 is 0 Å². The quantitative estimate of drug-likeness (QED) is 0.367. The van der Waals surface area contributed by atoms with Crippen LogP contribution in [-0.2, 0) is 21.9 Å². The molecule has 0 saturated carbocycles. The van der Waals surface area contributed by atoms with Crippen LogP contribution in [-0.4, -0.2) is 34.6 Å². The molecule has 174 valence electrons. The average molecular weight is 516 g/mol. The number of carbonyl (C=O) groups excluding carboxylic acids is 2. The largest absolute Gasteiger partial charge is 0.352 e. The number of halogens is 3. The van der Waals surface area contributed by atoms with Crippen molar-refractivity contribution in [2.75, 3.05) is 5.75 Å². The highest BCUT2D eigenvalue weighted by molar-refractivity contribution is 7.99. The molecule has 32 heavy (non-hydrogen) atoms. The minimum Gasteiger partial charge on any atom is -0.352 e. The highest BCUT2D eigenvalue weighted by Gasteiger charge is 2.29. The van der Waals surface area contributed by atoms with Crippen LogP contribution in [0.3, 0.4) is 0 Å². The smallest absolute Gasteiger partial charge is 0.243 e. The maximum Gasteiger partial charge on any atom is 0.243 e. The number of amides is 2. The summed E-state index contributed by atoms with van der Waals surface area (Å²) < 4.78 is 0. The molecular formula is C24H29Cl3N2O2S. The lowest BCUT2D eigenvalue weighted by Gasteiger charge is -2.31. The maximum atomic E-state index is 13.3. The molecule has 2 aromatic carbocycles. The molecule has 2 rings (SSSR count). The van der Waals surface area contributed by atoms with Gasteiger partial charge in [-0.15, -0.1) is 11.8 Å². The molecular weight excluding hydrogens is 487 g/mol. The lowest BCUT2D eigenvalue weighted by atomic mass is 10.1. The third-order valence-electron chi connectivity index (χ3n) is 5.15. The molecule has 0 saturated heterocycles. The molecule has 8 heteroatoms. The number of nitrogens with zero attached hydrogens (tertiary/aromatic N) is 1. The zero-order valence-corrected chi connectivity index (χ0v) is 21.6. The van der Waals surface area contributed by atoms with E-state index in [2.05, 4.69) is 5.32 Å². The molecule has 4 nitrogen and oxygen atoms in total. The van der Waals surface area contributed by atoms with Crippen LogP contribution in [0.5, 0.6) is 0 Å². The minimum absolute atomic E-state index is 0.0342. The predicted octanol–water partition coefficient (Wildman–Crippen LogP) is 6.60. The molecule has 2 amide bonds. The molecule has 0 radical (unpaired) electrons. The summed E-state index contributed by atoms with van der Waals surface area (Å²) in [5.74, 6) is 0.666. The van der Waals surface area contributed by atoms with Crippen LogP contribution >= 0.6 is 46.6 Å². The average Bonchev–Trinajstić information content (AvgIpc) is 2.76. The van der Waals surface area contributed by atoms with E-state index in [1.807, 2.05) is 45.0 Å². The molecule has 0 unspecified atom stereocenters. The Morgan fingerprint density at radius 1 is 1.00 bits per heavy atom. The van der Waals surface area contributed by atoms with E-state index in [1.165, 1.54) is 11.8 Å². The molecule has 1 N–H and O–H groups in total. The second-order valence-electron chi connectivity index (χ2n) is 7.62. The van der Waals surface area contributed by atoms with E-state index in [-0.39, 0.29) is 30.2 Å². The van der Waals surface area contributed by atoms with E-state index in [0.717, 1.165) is 17.5 Å². The van der Waals surface area contributed by atoms with Crippen LogP contribution < -0.4 is 5.32 Å². The van der Waals surface area contributed by atoms with E-state index < -0.39 is 6.04 Å². The van der Waals surface area contributed by atoms with Crippen molar-refractivity contribution in [3.05, 3.63) is 68.7 Å². The molecule has 2 aromatic rings. The molecule has 0 heterocycles. The molecule has 0 aliphatic heterocycles. The van der Waals surface area contributed by atoms with Crippen LogP contribution in [0.2, 0.25) is 15.1 Å². The lowest BCUT2D eigenvalue weighted by molar-refractivity contribution is -0.139. The first-order valence-corrected chi connectivity index (χ1v) is 12.9. The Hall–Kier alpha value is -1.40. The lowest BCUT2D eigenvalue weighted by Crippen LogP contribution is -2.51. The van der Waals surface area contributed by atoms with Crippen molar-refractivity contribution >= 4 is 58.4 Å². The highest BCUT2D eigenvalue weighted by Crippen LogP contribution is 2.25. The number of benzene rings is 2. The summed E-state index contributed by atoms with van der Waals surface area (Å²) in [6.45, 7) is 6.11. The number of hydrogen-bond acceptors (Lipinski definition) is 3. The zero-order chi connectivity index (χ0) is 23.7. The van der Waals surface area contributed by atoms with E-state index in [4.69, 9.17) is 34.8 Å². The second-order valence-corrected chi connectivity index (χ2v) is 9.88. The van der Waals surface area contributed by atoms with Crippen LogP contribution in [0.25, 0.3) is 0 Å². The van der Waals surface area contributed by atoms with Crippen molar-refractivity contribution in [1.29, 1.82) is 0 Å². The van der Waals surface area contributed by atoms with Gasteiger partial charge < -0.3 is 10.2 Å². The molecule has 2 atom stereocenters. The van der Waals surface area contributed by atoms with Gasteiger partial charge in [-0.1, -0.05) is 66.8 Å². The van der Waals surface area contributed by atoms with Crippen molar-refractivity contribution in [2.45, 2.75) is 58.0 Å². The number of carbonyl (C=O) groups is 2. The fourth-order valence-electron chi connectivity index (χ4n) is 3.11.